The Kier molecular flexibility index (Phi) is 5.33. The van der Waals surface area contributed by atoms with Gasteiger partial charge in [0.1, 0.15) is 27.5 Å². The Morgan fingerprint density at radius 2 is 2.09 bits per heavy atom. The minimum atomic E-state index is -1.48. The zero-order chi connectivity index (χ0) is 17.6. The molecule has 7 heteroatoms. The van der Waals surface area contributed by atoms with Crippen LogP contribution >= 0.6 is 22.6 Å². The van der Waals surface area contributed by atoms with E-state index in [4.69, 9.17) is 4.74 Å². The van der Waals surface area contributed by atoms with Crippen molar-refractivity contribution < 1.29 is 18.1 Å². The standard InChI is InChI=1S/C16H20F2INO2S/c1-9(20-23(21)15(2,3)4)10-6-12(17)13(18)11-7-16(5,8-19)22-14(10)11/h6H,7-8H2,1-5H3/b20-9+/t16-,23-/m1/s1. The Balaban J connectivity index is 2.52. The van der Waals surface area contributed by atoms with Crippen molar-refractivity contribution in [3.8, 4) is 5.75 Å². The van der Waals surface area contributed by atoms with Gasteiger partial charge in [0.2, 0.25) is 0 Å². The van der Waals surface area contributed by atoms with Crippen LogP contribution in [0, 0.1) is 11.6 Å². The molecule has 128 valence electrons. The maximum absolute atomic E-state index is 14.1. The quantitative estimate of drug-likeness (QED) is 0.294. The Morgan fingerprint density at radius 3 is 2.61 bits per heavy atom. The van der Waals surface area contributed by atoms with Crippen molar-refractivity contribution in [1.82, 2.24) is 0 Å². The summed E-state index contributed by atoms with van der Waals surface area (Å²) in [5.74, 6) is -1.49. The van der Waals surface area contributed by atoms with Gasteiger partial charge < -0.3 is 9.29 Å². The van der Waals surface area contributed by atoms with Crippen LogP contribution in [0.3, 0.4) is 0 Å². The van der Waals surface area contributed by atoms with Crippen molar-refractivity contribution in [2.75, 3.05) is 4.43 Å². The molecule has 0 amide bonds. The van der Waals surface area contributed by atoms with E-state index in [0.29, 0.717) is 27.9 Å². The highest BCUT2D eigenvalue weighted by Crippen LogP contribution is 2.41. The smallest absolute Gasteiger partial charge is 0.165 e. The summed E-state index contributed by atoms with van der Waals surface area (Å²) in [7, 11) is 0. The first-order chi connectivity index (χ1) is 10.5. The van der Waals surface area contributed by atoms with Crippen LogP contribution < -0.4 is 4.74 Å². The van der Waals surface area contributed by atoms with Gasteiger partial charge in [0, 0.05) is 22.0 Å². The third-order valence-corrected chi connectivity index (χ3v) is 6.68. The molecular formula is C16H20F2INO2S. The zero-order valence-electron chi connectivity index (χ0n) is 13.8. The van der Waals surface area contributed by atoms with Crippen molar-refractivity contribution in [3.63, 3.8) is 0 Å². The lowest BCUT2D eigenvalue weighted by Crippen LogP contribution is -2.32. The number of rotatable bonds is 3. The summed E-state index contributed by atoms with van der Waals surface area (Å²) in [5, 5.41) is 0. The van der Waals surface area contributed by atoms with E-state index in [1.807, 2.05) is 6.92 Å². The number of ether oxygens (including phenoxy) is 1. The molecule has 0 N–H and O–H groups in total. The van der Waals surface area contributed by atoms with Crippen molar-refractivity contribution in [2.45, 2.75) is 51.4 Å². The number of fused-ring (bicyclic) bond motifs is 1. The van der Waals surface area contributed by atoms with Crippen LogP contribution in [0.4, 0.5) is 8.78 Å². The normalized spacial score (nSPS) is 22.7. The Labute approximate surface area is 152 Å². The molecule has 3 nitrogen and oxygen atoms in total. The van der Waals surface area contributed by atoms with Crippen LogP contribution in [0.5, 0.6) is 5.75 Å². The molecule has 0 radical (unpaired) electrons. The Hall–Kier alpha value is -0.410. The number of benzene rings is 1. The van der Waals surface area contributed by atoms with Crippen molar-refractivity contribution in [1.29, 1.82) is 0 Å². The van der Waals surface area contributed by atoms with Gasteiger partial charge in [-0.2, -0.15) is 0 Å². The number of nitrogens with zero attached hydrogens (tertiary/aromatic N) is 1. The molecule has 0 aliphatic carbocycles. The van der Waals surface area contributed by atoms with E-state index in [9.17, 15) is 13.3 Å². The van der Waals surface area contributed by atoms with Crippen LogP contribution in [0.25, 0.3) is 0 Å². The Bertz CT molecular complexity index is 660. The summed E-state index contributed by atoms with van der Waals surface area (Å²) in [6, 6.07) is 1.08. The first-order valence-electron chi connectivity index (χ1n) is 7.22. The lowest BCUT2D eigenvalue weighted by atomic mass is 9.98. The lowest BCUT2D eigenvalue weighted by Gasteiger charge is -2.22. The van der Waals surface area contributed by atoms with E-state index in [-0.39, 0.29) is 5.56 Å². The van der Waals surface area contributed by atoms with Gasteiger partial charge >= 0.3 is 0 Å². The molecule has 1 heterocycles. The summed E-state index contributed by atoms with van der Waals surface area (Å²) in [5.41, 5.74) is 0.405. The van der Waals surface area contributed by atoms with Gasteiger partial charge in [0.15, 0.2) is 11.6 Å². The monoisotopic (exact) mass is 455 g/mol. The van der Waals surface area contributed by atoms with Crippen molar-refractivity contribution >= 4 is 39.7 Å². The zero-order valence-corrected chi connectivity index (χ0v) is 16.8. The van der Waals surface area contributed by atoms with E-state index < -0.39 is 33.3 Å². The topological polar surface area (TPSA) is 44.7 Å². The number of halogens is 3. The molecule has 1 aliphatic heterocycles. The van der Waals surface area contributed by atoms with Gasteiger partial charge in [-0.3, -0.25) is 0 Å². The molecule has 1 aromatic carbocycles. The molecule has 0 bridgehead atoms. The second kappa shape index (κ2) is 6.48. The summed E-state index contributed by atoms with van der Waals surface area (Å²) >= 11 is 0.682. The molecule has 0 fully saturated rings. The minimum absolute atomic E-state index is 0.232. The van der Waals surface area contributed by atoms with Crippen molar-refractivity contribution in [2.24, 2.45) is 4.40 Å². The number of alkyl halides is 1. The molecule has 2 rings (SSSR count). The largest absolute Gasteiger partial charge is 0.591 e. The van der Waals surface area contributed by atoms with Gasteiger partial charge in [-0.15, -0.1) is 0 Å². The highest BCUT2D eigenvalue weighted by molar-refractivity contribution is 14.1. The fraction of sp³-hybridized carbons (Fsp3) is 0.562. The molecule has 0 saturated heterocycles. The fourth-order valence-electron chi connectivity index (χ4n) is 2.25. The lowest BCUT2D eigenvalue weighted by molar-refractivity contribution is 0.147. The van der Waals surface area contributed by atoms with Crippen LogP contribution in [0.2, 0.25) is 0 Å². The third-order valence-electron chi connectivity index (χ3n) is 3.58. The number of hydrogen-bond donors (Lipinski definition) is 0. The van der Waals surface area contributed by atoms with Crippen LogP contribution in [-0.2, 0) is 17.8 Å². The molecule has 1 aliphatic rings. The molecule has 23 heavy (non-hydrogen) atoms. The highest BCUT2D eigenvalue weighted by Gasteiger charge is 2.39. The molecule has 0 unspecified atom stereocenters. The average molecular weight is 455 g/mol. The fourth-order valence-corrected chi connectivity index (χ4v) is 3.29. The maximum Gasteiger partial charge on any atom is 0.165 e. The van der Waals surface area contributed by atoms with E-state index in [0.717, 1.165) is 6.07 Å². The summed E-state index contributed by atoms with van der Waals surface area (Å²) < 4.78 is 50.5. The SMILES string of the molecule is C/C(=N\[S@+]([O-])C(C)(C)C)c1cc(F)c(F)c2c1O[C@@](C)(CI)C2. The molecule has 0 aromatic heterocycles. The average Bonchev–Trinajstić information content (AvgIpc) is 2.80. The molecular weight excluding hydrogens is 435 g/mol. The minimum Gasteiger partial charge on any atom is -0.591 e. The van der Waals surface area contributed by atoms with Crippen LogP contribution in [-0.4, -0.2) is 25.0 Å². The Morgan fingerprint density at radius 1 is 1.48 bits per heavy atom. The maximum atomic E-state index is 14.1. The molecule has 2 atom stereocenters. The van der Waals surface area contributed by atoms with Gasteiger partial charge in [0.25, 0.3) is 0 Å². The predicted molar refractivity (Wildman–Crippen MR) is 98.1 cm³/mol. The summed E-state index contributed by atoms with van der Waals surface area (Å²) in [6.45, 7) is 8.91. The van der Waals surface area contributed by atoms with Crippen molar-refractivity contribution in [3.05, 3.63) is 28.8 Å². The van der Waals surface area contributed by atoms with E-state index in [1.165, 1.54) is 0 Å². The van der Waals surface area contributed by atoms with Gasteiger partial charge in [-0.25, -0.2) is 8.78 Å². The third kappa shape index (κ3) is 3.82. The van der Waals surface area contributed by atoms with E-state index >= 15 is 0 Å². The van der Waals surface area contributed by atoms with Gasteiger partial charge in [-0.05, 0) is 40.7 Å². The van der Waals surface area contributed by atoms with E-state index in [1.54, 1.807) is 27.7 Å². The van der Waals surface area contributed by atoms with Gasteiger partial charge in [0.05, 0.1) is 5.71 Å². The first-order valence-corrected chi connectivity index (χ1v) is 9.85. The van der Waals surface area contributed by atoms with Gasteiger partial charge in [-0.1, -0.05) is 27.0 Å². The van der Waals surface area contributed by atoms with Crippen LogP contribution in [0.15, 0.2) is 10.5 Å². The van der Waals surface area contributed by atoms with E-state index in [2.05, 4.69) is 27.0 Å². The second-order valence-electron chi connectivity index (χ2n) is 6.93. The first kappa shape index (κ1) is 18.9. The summed E-state index contributed by atoms with van der Waals surface area (Å²) in [6.07, 6.45) is 0.303. The van der Waals surface area contributed by atoms with Crippen LogP contribution in [0.1, 0.15) is 45.7 Å². The summed E-state index contributed by atoms with van der Waals surface area (Å²) in [4.78, 5) is 0. The molecule has 0 spiro atoms. The molecule has 0 saturated carbocycles. The predicted octanol–water partition coefficient (Wildman–Crippen LogP) is 4.36. The number of hydrogen-bond acceptors (Lipinski definition) is 3. The molecule has 1 aromatic rings. The second-order valence-corrected chi connectivity index (χ2v) is 9.60. The highest BCUT2D eigenvalue weighted by atomic mass is 127.